The summed E-state index contributed by atoms with van der Waals surface area (Å²) in [6.07, 6.45) is 57.4. The predicted octanol–water partition coefficient (Wildman–Crippen LogP) is 17.5. The molecule has 0 spiro atoms. The summed E-state index contributed by atoms with van der Waals surface area (Å²) in [6, 6.07) is 0. The van der Waals surface area contributed by atoms with Gasteiger partial charge in [-0.3, -0.25) is 14.4 Å². The molecular formula is C55H102O6. The lowest BCUT2D eigenvalue weighted by atomic mass is 10.0. The Morgan fingerprint density at radius 1 is 0.328 bits per heavy atom. The number of ether oxygens (including phenoxy) is 3. The van der Waals surface area contributed by atoms with Crippen molar-refractivity contribution in [2.24, 2.45) is 0 Å². The number of hydrogen-bond acceptors (Lipinski definition) is 6. The molecule has 358 valence electrons. The molecule has 0 aliphatic heterocycles. The first kappa shape index (κ1) is 58.9. The minimum absolute atomic E-state index is 0.0721. The van der Waals surface area contributed by atoms with Crippen LogP contribution in [-0.2, 0) is 28.6 Å². The molecule has 0 heterocycles. The van der Waals surface area contributed by atoms with Gasteiger partial charge in [0, 0.05) is 19.3 Å². The van der Waals surface area contributed by atoms with Crippen LogP contribution in [0.4, 0.5) is 0 Å². The van der Waals surface area contributed by atoms with Gasteiger partial charge in [-0.1, -0.05) is 251 Å². The van der Waals surface area contributed by atoms with Crippen LogP contribution in [0.3, 0.4) is 0 Å². The molecule has 0 fully saturated rings. The number of allylic oxidation sites excluding steroid dienone is 4. The van der Waals surface area contributed by atoms with Crippen LogP contribution < -0.4 is 0 Å². The summed E-state index contributed by atoms with van der Waals surface area (Å²) in [5.41, 5.74) is 0. The van der Waals surface area contributed by atoms with Gasteiger partial charge in [0.25, 0.3) is 0 Å². The highest BCUT2D eigenvalue weighted by Crippen LogP contribution is 2.16. The molecule has 0 rings (SSSR count). The first-order chi connectivity index (χ1) is 30.0. The molecule has 0 aliphatic rings. The van der Waals surface area contributed by atoms with Gasteiger partial charge in [0.15, 0.2) is 6.10 Å². The normalized spacial score (nSPS) is 12.1. The van der Waals surface area contributed by atoms with Gasteiger partial charge in [0.2, 0.25) is 0 Å². The van der Waals surface area contributed by atoms with E-state index in [1.54, 1.807) is 0 Å². The second kappa shape index (κ2) is 50.5. The number of rotatable bonds is 49. The Bertz CT molecular complexity index is 989. The summed E-state index contributed by atoms with van der Waals surface area (Å²) in [7, 11) is 0. The molecule has 1 atom stereocenters. The smallest absolute Gasteiger partial charge is 0.306 e. The lowest BCUT2D eigenvalue weighted by molar-refractivity contribution is -0.167. The van der Waals surface area contributed by atoms with E-state index in [0.717, 1.165) is 83.5 Å². The van der Waals surface area contributed by atoms with Crippen LogP contribution in [0, 0.1) is 0 Å². The largest absolute Gasteiger partial charge is 0.462 e. The van der Waals surface area contributed by atoms with Gasteiger partial charge >= 0.3 is 17.9 Å². The van der Waals surface area contributed by atoms with E-state index in [4.69, 9.17) is 14.2 Å². The number of hydrogen-bond donors (Lipinski definition) is 0. The maximum atomic E-state index is 12.8. The highest BCUT2D eigenvalue weighted by molar-refractivity contribution is 5.71. The quantitative estimate of drug-likeness (QED) is 0.0262. The topological polar surface area (TPSA) is 78.9 Å². The van der Waals surface area contributed by atoms with Crippen molar-refractivity contribution in [1.82, 2.24) is 0 Å². The van der Waals surface area contributed by atoms with Crippen LogP contribution >= 0.6 is 0 Å². The Kier molecular flexibility index (Phi) is 48.8. The molecule has 0 saturated carbocycles. The molecular weight excluding hydrogens is 757 g/mol. The van der Waals surface area contributed by atoms with Crippen LogP contribution in [0.1, 0.15) is 290 Å². The van der Waals surface area contributed by atoms with Gasteiger partial charge in [0.05, 0.1) is 0 Å². The first-order valence-corrected chi connectivity index (χ1v) is 26.8. The highest BCUT2D eigenvalue weighted by atomic mass is 16.6. The van der Waals surface area contributed by atoms with Crippen molar-refractivity contribution in [2.75, 3.05) is 13.2 Å². The third-order valence-electron chi connectivity index (χ3n) is 12.0. The van der Waals surface area contributed by atoms with Crippen molar-refractivity contribution < 1.29 is 28.6 Å². The van der Waals surface area contributed by atoms with Gasteiger partial charge in [-0.15, -0.1) is 0 Å². The molecule has 61 heavy (non-hydrogen) atoms. The summed E-state index contributed by atoms with van der Waals surface area (Å²) in [5, 5.41) is 0. The van der Waals surface area contributed by atoms with Crippen LogP contribution in [0.25, 0.3) is 0 Å². The molecule has 0 unspecified atom stereocenters. The van der Waals surface area contributed by atoms with E-state index >= 15 is 0 Å². The van der Waals surface area contributed by atoms with E-state index in [1.807, 2.05) is 0 Å². The monoisotopic (exact) mass is 859 g/mol. The molecule has 0 saturated heterocycles. The molecule has 0 aromatic carbocycles. The fourth-order valence-corrected chi connectivity index (χ4v) is 7.87. The molecule has 0 amide bonds. The van der Waals surface area contributed by atoms with E-state index in [2.05, 4.69) is 45.1 Å². The van der Waals surface area contributed by atoms with Crippen LogP contribution in [0.15, 0.2) is 24.3 Å². The summed E-state index contributed by atoms with van der Waals surface area (Å²) in [5.74, 6) is -0.872. The molecule has 0 aromatic heterocycles. The van der Waals surface area contributed by atoms with Gasteiger partial charge in [0.1, 0.15) is 13.2 Å². The fraction of sp³-hybridized carbons (Fsp3) is 0.873. The van der Waals surface area contributed by atoms with Gasteiger partial charge < -0.3 is 14.2 Å². The molecule has 6 heteroatoms. The SMILES string of the molecule is CCCC/C=C\C/C=C\CCCCCCCC(=O)O[C@H](COC(=O)CCCCCCCCCCCC)COC(=O)CCCCCCCCCCCCCCCCCCCCC. The number of carbonyl (C=O) groups excluding carboxylic acids is 3. The number of carbonyl (C=O) groups is 3. The molecule has 0 N–H and O–H groups in total. The second-order valence-electron chi connectivity index (χ2n) is 18.2. The minimum Gasteiger partial charge on any atom is -0.462 e. The summed E-state index contributed by atoms with van der Waals surface area (Å²) >= 11 is 0. The van der Waals surface area contributed by atoms with Crippen molar-refractivity contribution in [3.05, 3.63) is 24.3 Å². The molecule has 6 nitrogen and oxygen atoms in total. The summed E-state index contributed by atoms with van der Waals surface area (Å²) in [6.45, 7) is 6.61. The Balaban J connectivity index is 4.27. The van der Waals surface area contributed by atoms with Crippen molar-refractivity contribution in [3.8, 4) is 0 Å². The predicted molar refractivity (Wildman–Crippen MR) is 261 cm³/mol. The Labute approximate surface area is 379 Å². The van der Waals surface area contributed by atoms with Gasteiger partial charge in [-0.2, -0.15) is 0 Å². The van der Waals surface area contributed by atoms with E-state index in [9.17, 15) is 14.4 Å². The van der Waals surface area contributed by atoms with Crippen molar-refractivity contribution in [1.29, 1.82) is 0 Å². The van der Waals surface area contributed by atoms with E-state index in [0.29, 0.717) is 19.3 Å². The maximum Gasteiger partial charge on any atom is 0.306 e. The standard InChI is InChI=1S/C55H102O6/c1-4-7-10-13-16-19-22-24-26-27-28-29-30-32-33-36-39-42-45-48-54(57)60-51-52(50-59-53(56)47-44-41-38-35-21-18-15-12-9-6-3)61-55(58)49-46-43-40-37-34-31-25-23-20-17-14-11-8-5-2/h14,17,23,25,52H,4-13,15-16,18-22,24,26-51H2,1-3H3/b17-14-,25-23-/t52-/m1/s1. The number of esters is 3. The van der Waals surface area contributed by atoms with Crippen LogP contribution in [0.5, 0.6) is 0 Å². The van der Waals surface area contributed by atoms with Gasteiger partial charge in [-0.05, 0) is 44.9 Å². The third kappa shape index (κ3) is 48.8. The molecule has 0 aromatic rings. The molecule has 0 aliphatic carbocycles. The zero-order valence-electron chi connectivity index (χ0n) is 40.9. The Morgan fingerprint density at radius 3 is 0.951 bits per heavy atom. The lowest BCUT2D eigenvalue weighted by Crippen LogP contribution is -2.30. The van der Waals surface area contributed by atoms with Crippen molar-refractivity contribution in [3.63, 3.8) is 0 Å². The molecule has 0 bridgehead atoms. The number of unbranched alkanes of at least 4 members (excludes halogenated alkanes) is 34. The summed E-state index contributed by atoms with van der Waals surface area (Å²) in [4.78, 5) is 37.9. The highest BCUT2D eigenvalue weighted by Gasteiger charge is 2.19. The third-order valence-corrected chi connectivity index (χ3v) is 12.0. The zero-order valence-corrected chi connectivity index (χ0v) is 40.9. The zero-order chi connectivity index (χ0) is 44.4. The second-order valence-corrected chi connectivity index (χ2v) is 18.2. The summed E-state index contributed by atoms with van der Waals surface area (Å²) < 4.78 is 16.8. The first-order valence-electron chi connectivity index (χ1n) is 26.8. The molecule has 0 radical (unpaired) electrons. The van der Waals surface area contributed by atoms with Crippen LogP contribution in [0.2, 0.25) is 0 Å². The van der Waals surface area contributed by atoms with E-state index in [-0.39, 0.29) is 31.1 Å². The van der Waals surface area contributed by atoms with E-state index < -0.39 is 6.10 Å². The van der Waals surface area contributed by atoms with Gasteiger partial charge in [-0.25, -0.2) is 0 Å². The average Bonchev–Trinajstić information content (AvgIpc) is 3.26. The Morgan fingerprint density at radius 2 is 0.607 bits per heavy atom. The average molecular weight is 859 g/mol. The van der Waals surface area contributed by atoms with Crippen molar-refractivity contribution in [2.45, 2.75) is 297 Å². The fourth-order valence-electron chi connectivity index (χ4n) is 7.87. The van der Waals surface area contributed by atoms with E-state index in [1.165, 1.54) is 167 Å². The maximum absolute atomic E-state index is 12.8. The Hall–Kier alpha value is -2.11. The van der Waals surface area contributed by atoms with Crippen LogP contribution in [-0.4, -0.2) is 37.2 Å². The van der Waals surface area contributed by atoms with Crippen molar-refractivity contribution >= 4 is 17.9 Å². The minimum atomic E-state index is -0.772. The lowest BCUT2D eigenvalue weighted by Gasteiger charge is -2.18.